The summed E-state index contributed by atoms with van der Waals surface area (Å²) in [6, 6.07) is 5.12. The second-order valence-corrected chi connectivity index (χ2v) is 6.47. The molecule has 2 aliphatic rings. The molecule has 0 bridgehead atoms. The quantitative estimate of drug-likeness (QED) is 0.917. The zero-order chi connectivity index (χ0) is 16.2. The number of fused-ring (bicyclic) bond motifs is 1. The molecule has 1 N–H and O–H groups in total. The minimum atomic E-state index is -0.473. The number of carbonyl (C=O) groups excluding carboxylic acids is 2. The minimum absolute atomic E-state index is 0.0880. The molecule has 0 aromatic heterocycles. The summed E-state index contributed by atoms with van der Waals surface area (Å²) in [4.78, 5) is 31.5. The van der Waals surface area contributed by atoms with E-state index in [4.69, 9.17) is 0 Å². The Labute approximate surface area is 137 Å². The zero-order valence-electron chi connectivity index (χ0n) is 12.4. The number of halogens is 1. The number of rotatable bonds is 3. The molecular weight excluding hydrogens is 317 g/mol. The van der Waals surface area contributed by atoms with Crippen molar-refractivity contribution in [2.75, 3.05) is 11.1 Å². The highest BCUT2D eigenvalue weighted by atomic mass is 32.2. The van der Waals surface area contributed by atoms with Crippen molar-refractivity contribution in [3.05, 3.63) is 30.1 Å². The number of benzene rings is 1. The fraction of sp³-hybridized carbons (Fsp3) is 0.375. The number of amides is 3. The van der Waals surface area contributed by atoms with Crippen molar-refractivity contribution in [1.82, 2.24) is 0 Å². The molecule has 0 saturated heterocycles. The van der Waals surface area contributed by atoms with E-state index in [-0.39, 0.29) is 23.4 Å². The van der Waals surface area contributed by atoms with Crippen LogP contribution in [0.3, 0.4) is 0 Å². The summed E-state index contributed by atoms with van der Waals surface area (Å²) in [5.74, 6) is -0.314. The Morgan fingerprint density at radius 2 is 2.04 bits per heavy atom. The summed E-state index contributed by atoms with van der Waals surface area (Å²) < 4.78 is 12.8. The maximum atomic E-state index is 12.8. The zero-order valence-corrected chi connectivity index (χ0v) is 13.2. The highest BCUT2D eigenvalue weighted by molar-refractivity contribution is 8.14. The lowest BCUT2D eigenvalue weighted by molar-refractivity contribution is -0.113. The Kier molecular flexibility index (Phi) is 4.85. The summed E-state index contributed by atoms with van der Waals surface area (Å²) in [5, 5.41) is 3.38. The fourth-order valence-corrected chi connectivity index (χ4v) is 3.67. The molecule has 120 valence electrons. The van der Waals surface area contributed by atoms with Gasteiger partial charge in [-0.25, -0.2) is 14.2 Å². The van der Waals surface area contributed by atoms with Gasteiger partial charge in [0.05, 0.1) is 10.8 Å². The molecule has 1 atom stereocenters. The Hall–Kier alpha value is -2.02. The number of nitrogens with one attached hydrogen (secondary N) is 1. The molecule has 1 saturated carbocycles. The second kappa shape index (κ2) is 7.04. The van der Waals surface area contributed by atoms with Crippen molar-refractivity contribution in [3.8, 4) is 0 Å². The van der Waals surface area contributed by atoms with Crippen molar-refractivity contribution in [1.29, 1.82) is 0 Å². The third-order valence-corrected chi connectivity index (χ3v) is 4.88. The lowest BCUT2D eigenvalue weighted by Gasteiger charge is -2.26. The Morgan fingerprint density at radius 1 is 1.26 bits per heavy atom. The van der Waals surface area contributed by atoms with Crippen molar-refractivity contribution in [2.45, 2.75) is 25.7 Å². The molecule has 3 amide bonds. The van der Waals surface area contributed by atoms with Crippen molar-refractivity contribution < 1.29 is 14.0 Å². The first kappa shape index (κ1) is 15.9. The third-order valence-electron chi connectivity index (χ3n) is 3.80. The highest BCUT2D eigenvalue weighted by Gasteiger charge is 2.30. The number of hydrogen-bond acceptors (Lipinski definition) is 3. The largest absolute Gasteiger partial charge is 0.367 e. The molecule has 1 aromatic carbocycles. The van der Waals surface area contributed by atoms with Gasteiger partial charge in [-0.2, -0.15) is 4.99 Å². The molecule has 5 nitrogen and oxygen atoms in total. The molecule has 1 aromatic rings. The van der Waals surface area contributed by atoms with Crippen LogP contribution in [0.2, 0.25) is 0 Å². The van der Waals surface area contributed by atoms with Crippen molar-refractivity contribution in [2.24, 2.45) is 15.9 Å². The molecule has 0 spiro atoms. The molecule has 1 unspecified atom stereocenters. The minimum Gasteiger partial charge on any atom is -0.325 e. The topological polar surface area (TPSA) is 70.9 Å². The Bertz CT molecular complexity index is 685. The lowest BCUT2D eigenvalue weighted by atomic mass is 9.87. The highest BCUT2D eigenvalue weighted by Crippen LogP contribution is 2.30. The molecule has 7 heteroatoms. The number of anilines is 1. The van der Waals surface area contributed by atoms with Crippen LogP contribution < -0.4 is 5.32 Å². The second-order valence-electron chi connectivity index (χ2n) is 5.48. The van der Waals surface area contributed by atoms with E-state index < -0.39 is 6.03 Å². The molecule has 23 heavy (non-hydrogen) atoms. The third kappa shape index (κ3) is 4.04. The maximum Gasteiger partial charge on any atom is 0.367 e. The van der Waals surface area contributed by atoms with Crippen LogP contribution in [0.1, 0.15) is 25.7 Å². The van der Waals surface area contributed by atoms with Crippen LogP contribution in [0.15, 0.2) is 34.3 Å². The van der Waals surface area contributed by atoms with E-state index in [1.807, 2.05) is 0 Å². The first-order chi connectivity index (χ1) is 11.1. The predicted molar refractivity (Wildman–Crippen MR) is 89.7 cm³/mol. The van der Waals surface area contributed by atoms with E-state index in [9.17, 15) is 14.0 Å². The van der Waals surface area contributed by atoms with Crippen LogP contribution in [-0.4, -0.2) is 28.4 Å². The summed E-state index contributed by atoms with van der Waals surface area (Å²) in [6.07, 6.45) is 3.89. The number of thioether (sulfide) groups is 1. The Morgan fingerprint density at radius 3 is 2.83 bits per heavy atom. The first-order valence-corrected chi connectivity index (χ1v) is 8.48. The predicted octanol–water partition coefficient (Wildman–Crippen LogP) is 3.66. The normalized spacial score (nSPS) is 20.4. The molecule has 1 heterocycles. The maximum absolute atomic E-state index is 12.8. The number of nitrogens with zero attached hydrogens (tertiary/aromatic N) is 2. The SMILES string of the molecule is O=C1N=C2CCCCC2C(SCC(=O)Nc2ccc(F)cc2)=N1. The van der Waals surface area contributed by atoms with Gasteiger partial charge in [0, 0.05) is 17.3 Å². The van der Waals surface area contributed by atoms with Gasteiger partial charge < -0.3 is 5.32 Å². The van der Waals surface area contributed by atoms with Gasteiger partial charge >= 0.3 is 6.03 Å². The van der Waals surface area contributed by atoms with Gasteiger partial charge in [-0.3, -0.25) is 4.79 Å². The van der Waals surface area contributed by atoms with Gasteiger partial charge in [-0.05, 0) is 43.5 Å². The van der Waals surface area contributed by atoms with Crippen LogP contribution in [0.25, 0.3) is 0 Å². The average molecular weight is 333 g/mol. The summed E-state index contributed by atoms with van der Waals surface area (Å²) >= 11 is 1.28. The number of carbonyl (C=O) groups is 2. The first-order valence-electron chi connectivity index (χ1n) is 7.50. The summed E-state index contributed by atoms with van der Waals surface area (Å²) in [6.45, 7) is 0. The van der Waals surface area contributed by atoms with E-state index >= 15 is 0 Å². The van der Waals surface area contributed by atoms with Crippen molar-refractivity contribution >= 4 is 40.1 Å². The number of urea groups is 1. The molecule has 1 aliphatic carbocycles. The fourth-order valence-electron chi connectivity index (χ4n) is 2.72. The average Bonchev–Trinajstić information content (AvgIpc) is 2.54. The molecular formula is C16H16FN3O2S. The van der Waals surface area contributed by atoms with Gasteiger partial charge in [0.25, 0.3) is 0 Å². The Balaban J connectivity index is 1.57. The molecule has 0 radical (unpaired) electrons. The van der Waals surface area contributed by atoms with Crippen molar-refractivity contribution in [3.63, 3.8) is 0 Å². The number of aliphatic imine (C=N–C) groups is 2. The van der Waals surface area contributed by atoms with E-state index in [0.29, 0.717) is 10.7 Å². The van der Waals surface area contributed by atoms with Gasteiger partial charge in [0.15, 0.2) is 0 Å². The summed E-state index contributed by atoms with van der Waals surface area (Å²) in [7, 11) is 0. The van der Waals surface area contributed by atoms with Gasteiger partial charge in [0.1, 0.15) is 5.82 Å². The van der Waals surface area contributed by atoms with Gasteiger partial charge in [-0.15, -0.1) is 0 Å². The van der Waals surface area contributed by atoms with E-state index in [2.05, 4.69) is 15.3 Å². The standard InChI is InChI=1S/C16H16FN3O2S/c17-10-5-7-11(8-6-10)18-14(21)9-23-15-12-3-1-2-4-13(12)19-16(22)20-15/h5-8,12H,1-4,9H2,(H,18,21). The van der Waals surface area contributed by atoms with Crippen LogP contribution in [0.5, 0.6) is 0 Å². The van der Waals surface area contributed by atoms with Gasteiger partial charge in [-0.1, -0.05) is 18.2 Å². The molecule has 1 aliphatic heterocycles. The molecule has 3 rings (SSSR count). The van der Waals surface area contributed by atoms with E-state index in [0.717, 1.165) is 31.4 Å². The lowest BCUT2D eigenvalue weighted by Crippen LogP contribution is -2.31. The van der Waals surface area contributed by atoms with E-state index in [1.54, 1.807) is 0 Å². The van der Waals surface area contributed by atoms with Crippen LogP contribution in [0.4, 0.5) is 14.9 Å². The van der Waals surface area contributed by atoms with Crippen LogP contribution in [0, 0.1) is 11.7 Å². The van der Waals surface area contributed by atoms with Gasteiger partial charge in [0.2, 0.25) is 5.91 Å². The van der Waals surface area contributed by atoms with Crippen LogP contribution in [-0.2, 0) is 4.79 Å². The monoisotopic (exact) mass is 333 g/mol. The summed E-state index contributed by atoms with van der Waals surface area (Å²) in [5.41, 5.74) is 1.44. The number of hydrogen-bond donors (Lipinski definition) is 1. The van der Waals surface area contributed by atoms with E-state index in [1.165, 1.54) is 36.0 Å². The smallest absolute Gasteiger partial charge is 0.325 e. The molecule has 1 fully saturated rings. The van der Waals surface area contributed by atoms with Crippen LogP contribution >= 0.6 is 11.8 Å².